The first kappa shape index (κ1) is 5.66. The van der Waals surface area contributed by atoms with Crippen LogP contribution in [0.4, 0.5) is 0 Å². The molecule has 3 heteroatoms. The second-order valence-corrected chi connectivity index (χ2v) is 4.16. The number of ether oxygens (including phenoxy) is 1. The maximum absolute atomic E-state index is 8.40. The summed E-state index contributed by atoms with van der Waals surface area (Å²) in [6.45, 7) is -5.45. The zero-order valence-corrected chi connectivity index (χ0v) is 10.2. The monoisotopic (exact) mass is 252 g/mol. The van der Waals surface area contributed by atoms with Crippen LogP contribution in [0, 0.1) is 0 Å². The highest BCUT2D eigenvalue weighted by molar-refractivity contribution is 5.85. The second-order valence-electron chi connectivity index (χ2n) is 4.16. The Morgan fingerprint density at radius 2 is 2.17 bits per heavy atom. The van der Waals surface area contributed by atoms with Gasteiger partial charge in [0.2, 0.25) is 0 Å². The normalized spacial score (nSPS) is 36.1. The Bertz CT molecular complexity index is 819. The van der Waals surface area contributed by atoms with E-state index in [2.05, 4.69) is 4.98 Å². The van der Waals surface area contributed by atoms with Gasteiger partial charge in [-0.3, -0.25) is 0 Å². The molecule has 2 aromatic rings. The molecule has 0 aliphatic carbocycles. The molecule has 0 unspecified atom stereocenters. The van der Waals surface area contributed by atoms with Crippen LogP contribution in [0.5, 0.6) is 5.75 Å². The average Bonchev–Trinajstić information content (AvgIpc) is 2.95. The van der Waals surface area contributed by atoms with Gasteiger partial charge in [0.1, 0.15) is 5.75 Å². The number of rotatable bonds is 2. The van der Waals surface area contributed by atoms with E-state index in [9.17, 15) is 0 Å². The van der Waals surface area contributed by atoms with E-state index in [0.717, 1.165) is 7.05 Å². The minimum atomic E-state index is -2.73. The summed E-state index contributed by atoms with van der Waals surface area (Å²) >= 11 is 0. The van der Waals surface area contributed by atoms with Crippen molar-refractivity contribution < 1.29 is 15.7 Å². The number of aromatic amines is 1. The van der Waals surface area contributed by atoms with Gasteiger partial charge in [-0.1, -0.05) is 0 Å². The highest BCUT2D eigenvalue weighted by Gasteiger charge is 2.21. The maximum atomic E-state index is 8.40. The van der Waals surface area contributed by atoms with Crippen LogP contribution in [0.15, 0.2) is 24.4 Å². The number of hydrogen-bond donors (Lipinski definition) is 1. The van der Waals surface area contributed by atoms with Gasteiger partial charge in [0.15, 0.2) is 0 Å². The number of nitrogens with one attached hydrogen (secondary N) is 1. The highest BCUT2D eigenvalue weighted by atomic mass is 16.5. The van der Waals surface area contributed by atoms with Crippen molar-refractivity contribution in [2.24, 2.45) is 0 Å². The lowest BCUT2D eigenvalue weighted by Gasteiger charge is -2.28. The molecule has 1 aliphatic rings. The largest absolute Gasteiger partial charge is 0.497 e. The van der Waals surface area contributed by atoms with Gasteiger partial charge < -0.3 is 14.6 Å². The van der Waals surface area contributed by atoms with Gasteiger partial charge in [0, 0.05) is 28.1 Å². The van der Waals surface area contributed by atoms with E-state index in [0.29, 0.717) is 21.6 Å². The fraction of sp³-hybridized carbons (Fsp3) is 0.467. The molecule has 0 atom stereocenters. The fourth-order valence-electron chi connectivity index (χ4n) is 2.03. The Balaban J connectivity index is 2.31. The quantitative estimate of drug-likeness (QED) is 0.890. The lowest BCUT2D eigenvalue weighted by molar-refractivity contribution is 0.256. The molecule has 2 heterocycles. The van der Waals surface area contributed by atoms with Gasteiger partial charge >= 0.3 is 0 Å². The molecule has 1 aromatic heterocycles. The summed E-state index contributed by atoms with van der Waals surface area (Å²) in [7, 11) is 2.53. The average molecular weight is 252 g/mol. The number of aromatic nitrogens is 1. The van der Waals surface area contributed by atoms with E-state index < -0.39 is 31.7 Å². The van der Waals surface area contributed by atoms with Crippen LogP contribution in [-0.4, -0.2) is 37.0 Å². The predicted molar refractivity (Wildman–Crippen MR) is 74.3 cm³/mol. The molecular weight excluding hydrogens is 224 g/mol. The molecule has 1 aromatic carbocycles. The molecule has 1 fully saturated rings. The summed E-state index contributed by atoms with van der Waals surface area (Å²) in [5, 5.41) is 0.471. The lowest BCUT2D eigenvalue weighted by Crippen LogP contribution is -2.29. The standard InChI is InChI=1S/C15H20N2O/c1-17-7-5-11(6-8-17)14-10-16-15-4-3-12(18-2)9-13(14)15/h3-4,9-11,16H,5-8H2,1-2H3/i5D2,6D2,7D2,8D2. The minimum absolute atomic E-state index is 0.176. The van der Waals surface area contributed by atoms with Crippen LogP contribution in [0.3, 0.4) is 0 Å². The molecule has 0 spiro atoms. The predicted octanol–water partition coefficient (Wildman–Crippen LogP) is 2.99. The second kappa shape index (κ2) is 4.65. The maximum Gasteiger partial charge on any atom is 0.119 e. The zero-order valence-electron chi connectivity index (χ0n) is 18.2. The van der Waals surface area contributed by atoms with Gasteiger partial charge in [-0.25, -0.2) is 0 Å². The topological polar surface area (TPSA) is 28.3 Å². The molecule has 0 radical (unpaired) electrons. The Hall–Kier alpha value is -1.48. The molecule has 0 saturated carbocycles. The Labute approximate surface area is 119 Å². The van der Waals surface area contributed by atoms with Crippen molar-refractivity contribution in [3.8, 4) is 5.75 Å². The van der Waals surface area contributed by atoms with E-state index in [1.165, 1.54) is 13.3 Å². The smallest absolute Gasteiger partial charge is 0.119 e. The van der Waals surface area contributed by atoms with Crippen molar-refractivity contribution >= 4 is 10.9 Å². The van der Waals surface area contributed by atoms with Gasteiger partial charge in [-0.2, -0.15) is 0 Å². The number of hydrogen-bond acceptors (Lipinski definition) is 2. The SMILES string of the molecule is [2H]C1([2H])C(c2c[nH]c3ccc(OC)cc23)C([2H])([2H])C([2H])([2H])N(C)C1([2H])[2H]. The minimum Gasteiger partial charge on any atom is -0.497 e. The molecule has 0 amide bonds. The Kier molecular flexibility index (Phi) is 1.46. The summed E-state index contributed by atoms with van der Waals surface area (Å²) in [4.78, 5) is 3.44. The van der Waals surface area contributed by atoms with Crippen molar-refractivity contribution in [2.75, 3.05) is 27.2 Å². The Morgan fingerprint density at radius 1 is 1.39 bits per heavy atom. The van der Waals surface area contributed by atoms with E-state index in [4.69, 9.17) is 15.7 Å². The highest BCUT2D eigenvalue weighted by Crippen LogP contribution is 2.34. The van der Waals surface area contributed by atoms with Crippen molar-refractivity contribution in [2.45, 2.75) is 18.7 Å². The summed E-state index contributed by atoms with van der Waals surface area (Å²) in [6.07, 6.45) is -3.98. The molecule has 1 N–H and O–H groups in total. The van der Waals surface area contributed by atoms with Crippen LogP contribution in [-0.2, 0) is 0 Å². The van der Waals surface area contributed by atoms with Crippen LogP contribution in [0.2, 0.25) is 0 Å². The van der Waals surface area contributed by atoms with Crippen molar-refractivity contribution in [1.82, 2.24) is 9.88 Å². The van der Waals surface area contributed by atoms with E-state index in [-0.39, 0.29) is 5.56 Å². The van der Waals surface area contributed by atoms with Crippen molar-refractivity contribution in [3.05, 3.63) is 30.0 Å². The summed E-state index contributed by atoms with van der Waals surface area (Å²) in [5.74, 6) is -1.20. The molecule has 0 bridgehead atoms. The van der Waals surface area contributed by atoms with Gasteiger partial charge in [-0.15, -0.1) is 0 Å². The third kappa shape index (κ3) is 1.99. The van der Waals surface area contributed by atoms with Crippen LogP contribution in [0.1, 0.15) is 35.2 Å². The number of benzene rings is 1. The van der Waals surface area contributed by atoms with Gasteiger partial charge in [0.05, 0.1) is 7.11 Å². The first-order chi connectivity index (χ1) is 11.8. The molecule has 1 saturated heterocycles. The summed E-state index contributed by atoms with van der Waals surface area (Å²) in [5.41, 5.74) is 0.780. The van der Waals surface area contributed by atoms with Crippen molar-refractivity contribution in [3.63, 3.8) is 0 Å². The van der Waals surface area contributed by atoms with Gasteiger partial charge in [-0.05, 0) is 62.5 Å². The molecule has 3 nitrogen and oxygen atoms in total. The zero-order chi connectivity index (χ0) is 19.7. The first-order valence-electron chi connectivity index (χ1n) is 9.69. The number of fused-ring (bicyclic) bond motifs is 1. The third-order valence-electron chi connectivity index (χ3n) is 2.99. The van der Waals surface area contributed by atoms with Crippen LogP contribution < -0.4 is 4.74 Å². The number of likely N-dealkylation sites (tertiary alicyclic amines) is 1. The summed E-state index contributed by atoms with van der Waals surface area (Å²) < 4.78 is 71.4. The first-order valence-corrected chi connectivity index (χ1v) is 5.69. The van der Waals surface area contributed by atoms with Crippen LogP contribution in [0.25, 0.3) is 10.9 Å². The van der Waals surface area contributed by atoms with E-state index in [1.54, 1.807) is 18.2 Å². The van der Waals surface area contributed by atoms with E-state index >= 15 is 0 Å². The molecule has 1 aliphatic heterocycles. The molecule has 96 valence electrons. The molecular formula is C15H20N2O. The lowest BCUT2D eigenvalue weighted by atomic mass is 9.89. The molecule has 18 heavy (non-hydrogen) atoms. The number of H-pyrrole nitrogens is 1. The fourth-order valence-corrected chi connectivity index (χ4v) is 2.03. The van der Waals surface area contributed by atoms with E-state index in [1.807, 2.05) is 0 Å². The summed E-state index contributed by atoms with van der Waals surface area (Å²) in [6, 6.07) is 5.00. The molecule has 3 rings (SSSR count). The van der Waals surface area contributed by atoms with Crippen molar-refractivity contribution in [1.29, 1.82) is 0 Å². The Morgan fingerprint density at radius 3 is 2.89 bits per heavy atom. The van der Waals surface area contributed by atoms with Crippen LogP contribution >= 0.6 is 0 Å². The number of nitrogens with zero attached hydrogens (tertiary/aromatic N) is 1. The number of methoxy groups -OCH3 is 1. The third-order valence-corrected chi connectivity index (χ3v) is 2.99. The van der Waals surface area contributed by atoms with Gasteiger partial charge in [0.25, 0.3) is 0 Å². The number of piperidine rings is 1.